The van der Waals surface area contributed by atoms with Crippen molar-refractivity contribution in [2.24, 2.45) is 0 Å². The second-order valence-corrected chi connectivity index (χ2v) is 6.21. The Balaban J connectivity index is 2.07. The van der Waals surface area contributed by atoms with Crippen molar-refractivity contribution in [3.63, 3.8) is 0 Å². The minimum Gasteiger partial charge on any atom is -0.383 e. The van der Waals surface area contributed by atoms with E-state index in [0.29, 0.717) is 15.6 Å². The van der Waals surface area contributed by atoms with Gasteiger partial charge < -0.3 is 5.11 Å². The molecule has 0 radical (unpaired) electrons. The zero-order chi connectivity index (χ0) is 13.4. The standard InChI is InChI=1S/C15H10Cl2OS/c16-10-5-6-12(17)11(8-10)15(18)14-7-9-3-1-2-4-13(9)19-14/h1-8,15,18H. The van der Waals surface area contributed by atoms with Crippen LogP contribution in [-0.2, 0) is 0 Å². The second kappa shape index (κ2) is 5.14. The average molecular weight is 309 g/mol. The van der Waals surface area contributed by atoms with Crippen molar-refractivity contribution < 1.29 is 5.11 Å². The molecule has 1 nitrogen and oxygen atoms in total. The van der Waals surface area contributed by atoms with Crippen LogP contribution in [-0.4, -0.2) is 5.11 Å². The quantitative estimate of drug-likeness (QED) is 0.682. The fraction of sp³-hybridized carbons (Fsp3) is 0.0667. The third-order valence-corrected chi connectivity index (χ3v) is 4.71. The van der Waals surface area contributed by atoms with Gasteiger partial charge in [0.15, 0.2) is 0 Å². The summed E-state index contributed by atoms with van der Waals surface area (Å²) in [6.45, 7) is 0. The van der Waals surface area contributed by atoms with E-state index in [-0.39, 0.29) is 0 Å². The Bertz CT molecular complexity index is 703. The van der Waals surface area contributed by atoms with Gasteiger partial charge in [-0.1, -0.05) is 41.4 Å². The minimum absolute atomic E-state index is 0.523. The predicted molar refractivity (Wildman–Crippen MR) is 82.3 cm³/mol. The Morgan fingerprint density at radius 2 is 1.79 bits per heavy atom. The van der Waals surface area contributed by atoms with Crippen molar-refractivity contribution >= 4 is 44.6 Å². The first kappa shape index (κ1) is 12.9. The molecule has 96 valence electrons. The van der Waals surface area contributed by atoms with Crippen LogP contribution in [0.4, 0.5) is 0 Å². The van der Waals surface area contributed by atoms with Gasteiger partial charge in [-0.2, -0.15) is 0 Å². The van der Waals surface area contributed by atoms with Gasteiger partial charge in [-0.15, -0.1) is 11.3 Å². The van der Waals surface area contributed by atoms with Crippen molar-refractivity contribution in [3.8, 4) is 0 Å². The molecule has 0 fully saturated rings. The highest BCUT2D eigenvalue weighted by Crippen LogP contribution is 2.36. The molecule has 0 aliphatic rings. The van der Waals surface area contributed by atoms with Crippen LogP contribution in [0.15, 0.2) is 48.5 Å². The fourth-order valence-corrected chi connectivity index (χ4v) is 3.49. The van der Waals surface area contributed by atoms with Gasteiger partial charge in [0.1, 0.15) is 6.10 Å². The molecule has 1 atom stereocenters. The van der Waals surface area contributed by atoms with E-state index < -0.39 is 6.10 Å². The van der Waals surface area contributed by atoms with Crippen molar-refractivity contribution in [2.45, 2.75) is 6.10 Å². The largest absolute Gasteiger partial charge is 0.383 e. The van der Waals surface area contributed by atoms with Crippen LogP contribution in [0.2, 0.25) is 10.0 Å². The van der Waals surface area contributed by atoms with E-state index in [2.05, 4.69) is 0 Å². The van der Waals surface area contributed by atoms with E-state index in [9.17, 15) is 5.11 Å². The summed E-state index contributed by atoms with van der Waals surface area (Å²) >= 11 is 13.6. The lowest BCUT2D eigenvalue weighted by molar-refractivity contribution is 0.224. The molecule has 4 heteroatoms. The van der Waals surface area contributed by atoms with Crippen LogP contribution >= 0.6 is 34.5 Å². The summed E-state index contributed by atoms with van der Waals surface area (Å²) in [4.78, 5) is 0.866. The molecule has 0 aliphatic carbocycles. The van der Waals surface area contributed by atoms with Crippen LogP contribution in [0.5, 0.6) is 0 Å². The summed E-state index contributed by atoms with van der Waals surface area (Å²) in [5.41, 5.74) is 0.640. The lowest BCUT2D eigenvalue weighted by Gasteiger charge is -2.11. The first-order valence-corrected chi connectivity index (χ1v) is 7.34. The van der Waals surface area contributed by atoms with Gasteiger partial charge in [-0.25, -0.2) is 0 Å². The monoisotopic (exact) mass is 308 g/mol. The Morgan fingerprint density at radius 3 is 2.58 bits per heavy atom. The van der Waals surface area contributed by atoms with Crippen molar-refractivity contribution in [2.75, 3.05) is 0 Å². The molecule has 1 aromatic heterocycles. The van der Waals surface area contributed by atoms with Crippen LogP contribution in [0, 0.1) is 0 Å². The molecule has 19 heavy (non-hydrogen) atoms. The zero-order valence-electron chi connectivity index (χ0n) is 9.81. The van der Waals surface area contributed by atoms with E-state index in [1.54, 1.807) is 29.5 Å². The molecule has 0 aliphatic heterocycles. The number of aliphatic hydroxyl groups is 1. The maximum Gasteiger partial charge on any atom is 0.115 e. The first-order valence-electron chi connectivity index (χ1n) is 5.76. The summed E-state index contributed by atoms with van der Waals surface area (Å²) in [5, 5.41) is 12.7. The molecule has 0 amide bonds. The van der Waals surface area contributed by atoms with Crippen molar-refractivity contribution in [1.82, 2.24) is 0 Å². The molecule has 0 saturated heterocycles. The number of benzene rings is 2. The maximum absolute atomic E-state index is 10.5. The molecule has 0 bridgehead atoms. The molecule has 3 aromatic rings. The van der Waals surface area contributed by atoms with E-state index in [0.717, 1.165) is 15.0 Å². The number of hydrogen-bond acceptors (Lipinski definition) is 2. The Kier molecular flexibility index (Phi) is 3.50. The predicted octanol–water partition coefficient (Wildman–Crippen LogP) is 5.29. The van der Waals surface area contributed by atoms with Crippen LogP contribution in [0.1, 0.15) is 16.5 Å². The molecule has 3 rings (SSSR count). The van der Waals surface area contributed by atoms with Gasteiger partial charge in [0, 0.05) is 25.2 Å². The lowest BCUT2D eigenvalue weighted by Crippen LogP contribution is -1.97. The number of hydrogen-bond donors (Lipinski definition) is 1. The van der Waals surface area contributed by atoms with Gasteiger partial charge >= 0.3 is 0 Å². The normalized spacial score (nSPS) is 12.8. The van der Waals surface area contributed by atoms with E-state index in [1.807, 2.05) is 30.3 Å². The summed E-state index contributed by atoms with van der Waals surface area (Å²) in [6.07, 6.45) is -0.747. The average Bonchev–Trinajstić information content (AvgIpc) is 2.84. The summed E-state index contributed by atoms with van der Waals surface area (Å²) in [5.74, 6) is 0. The SMILES string of the molecule is OC(c1cc2ccccc2s1)c1cc(Cl)ccc1Cl. The highest BCUT2D eigenvalue weighted by molar-refractivity contribution is 7.19. The fourth-order valence-electron chi connectivity index (χ4n) is 2.01. The highest BCUT2D eigenvalue weighted by atomic mass is 35.5. The third kappa shape index (κ3) is 2.49. The molecule has 0 saturated carbocycles. The highest BCUT2D eigenvalue weighted by Gasteiger charge is 2.17. The van der Waals surface area contributed by atoms with Gasteiger partial charge in [0.2, 0.25) is 0 Å². The first-order chi connectivity index (χ1) is 9.15. The lowest BCUT2D eigenvalue weighted by atomic mass is 10.1. The van der Waals surface area contributed by atoms with E-state index in [1.165, 1.54) is 0 Å². The number of rotatable bonds is 2. The van der Waals surface area contributed by atoms with Gasteiger partial charge in [0.25, 0.3) is 0 Å². The molecular weight excluding hydrogens is 299 g/mol. The molecule has 1 unspecified atom stereocenters. The summed E-state index contributed by atoms with van der Waals surface area (Å²) in [6, 6.07) is 15.2. The topological polar surface area (TPSA) is 20.2 Å². The van der Waals surface area contributed by atoms with Crippen molar-refractivity contribution in [1.29, 1.82) is 0 Å². The van der Waals surface area contributed by atoms with Crippen molar-refractivity contribution in [3.05, 3.63) is 69.0 Å². The molecule has 0 spiro atoms. The smallest absolute Gasteiger partial charge is 0.115 e. The Morgan fingerprint density at radius 1 is 1.00 bits per heavy atom. The third-order valence-electron chi connectivity index (χ3n) is 2.97. The summed E-state index contributed by atoms with van der Waals surface area (Å²) in [7, 11) is 0. The molecule has 1 N–H and O–H groups in total. The van der Waals surface area contributed by atoms with Gasteiger partial charge in [-0.3, -0.25) is 0 Å². The second-order valence-electron chi connectivity index (χ2n) is 4.25. The van der Waals surface area contributed by atoms with E-state index >= 15 is 0 Å². The van der Waals surface area contributed by atoms with Gasteiger partial charge in [0.05, 0.1) is 0 Å². The minimum atomic E-state index is -0.747. The number of aliphatic hydroxyl groups excluding tert-OH is 1. The maximum atomic E-state index is 10.5. The Hall–Kier alpha value is -1.06. The van der Waals surface area contributed by atoms with Crippen LogP contribution in [0.3, 0.4) is 0 Å². The molecule has 2 aromatic carbocycles. The number of thiophene rings is 1. The molecular formula is C15H10Cl2OS. The van der Waals surface area contributed by atoms with Crippen LogP contribution < -0.4 is 0 Å². The number of fused-ring (bicyclic) bond motifs is 1. The van der Waals surface area contributed by atoms with E-state index in [4.69, 9.17) is 23.2 Å². The van der Waals surface area contributed by atoms with Crippen LogP contribution in [0.25, 0.3) is 10.1 Å². The molecule has 1 heterocycles. The summed E-state index contributed by atoms with van der Waals surface area (Å²) < 4.78 is 1.15. The number of halogens is 2. The van der Waals surface area contributed by atoms with Gasteiger partial charge in [-0.05, 0) is 35.7 Å². The zero-order valence-corrected chi connectivity index (χ0v) is 12.1. The Labute approximate surface area is 125 Å².